The van der Waals surface area contributed by atoms with Gasteiger partial charge in [-0.1, -0.05) is 12.2 Å². The smallest absolute Gasteiger partial charge is 0.360 e. The van der Waals surface area contributed by atoms with Crippen molar-refractivity contribution in [3.05, 3.63) is 23.7 Å². The molecule has 16 heavy (non-hydrogen) atoms. The van der Waals surface area contributed by atoms with E-state index in [2.05, 4.69) is 21.9 Å². The number of rotatable bonds is 1. The molecule has 0 aromatic heterocycles. The van der Waals surface area contributed by atoms with Gasteiger partial charge in [-0.15, -0.1) is 0 Å². The molecule has 0 radical (unpaired) electrons. The van der Waals surface area contributed by atoms with Crippen LogP contribution < -0.4 is 5.73 Å². The van der Waals surface area contributed by atoms with Gasteiger partial charge in [0.05, 0.1) is 13.2 Å². The molecule has 1 aliphatic carbocycles. The summed E-state index contributed by atoms with van der Waals surface area (Å²) in [7, 11) is 3.18. The molecule has 2 N–H and O–H groups in total. The SMILES string of the molecule is COC(=O)C1=C(N)N(C)C2C=CCCC2=N1. The van der Waals surface area contributed by atoms with E-state index < -0.39 is 5.97 Å². The summed E-state index contributed by atoms with van der Waals surface area (Å²) in [6.07, 6.45) is 5.98. The fourth-order valence-corrected chi connectivity index (χ4v) is 1.95. The van der Waals surface area contributed by atoms with Crippen molar-refractivity contribution in [2.75, 3.05) is 14.2 Å². The molecule has 86 valence electrons. The zero-order valence-electron chi connectivity index (χ0n) is 9.43. The monoisotopic (exact) mass is 221 g/mol. The van der Waals surface area contributed by atoms with Crippen LogP contribution >= 0.6 is 0 Å². The molecule has 2 rings (SSSR count). The van der Waals surface area contributed by atoms with Crippen molar-refractivity contribution in [2.45, 2.75) is 18.9 Å². The molecule has 0 bridgehead atoms. The summed E-state index contributed by atoms with van der Waals surface area (Å²) in [5.41, 5.74) is 7.06. The van der Waals surface area contributed by atoms with Gasteiger partial charge in [0.1, 0.15) is 5.82 Å². The normalized spacial score (nSPS) is 24.0. The highest BCUT2D eigenvalue weighted by Gasteiger charge is 2.30. The molecule has 1 atom stereocenters. The van der Waals surface area contributed by atoms with Crippen molar-refractivity contribution in [1.82, 2.24) is 4.90 Å². The van der Waals surface area contributed by atoms with Crippen molar-refractivity contribution in [1.29, 1.82) is 0 Å². The van der Waals surface area contributed by atoms with E-state index in [9.17, 15) is 4.79 Å². The Bertz CT molecular complexity index is 409. The lowest BCUT2D eigenvalue weighted by molar-refractivity contribution is -0.136. The second-order valence-corrected chi connectivity index (χ2v) is 3.85. The number of aliphatic imine (C=N–C) groups is 1. The Morgan fingerprint density at radius 2 is 2.44 bits per heavy atom. The van der Waals surface area contributed by atoms with E-state index in [1.807, 2.05) is 11.9 Å². The van der Waals surface area contributed by atoms with Gasteiger partial charge in [-0.05, 0) is 12.8 Å². The van der Waals surface area contributed by atoms with E-state index in [0.717, 1.165) is 18.6 Å². The fraction of sp³-hybridized carbons (Fsp3) is 0.455. The van der Waals surface area contributed by atoms with Crippen molar-refractivity contribution < 1.29 is 9.53 Å². The van der Waals surface area contributed by atoms with E-state index in [0.29, 0.717) is 5.82 Å². The van der Waals surface area contributed by atoms with Crippen LogP contribution in [0.15, 0.2) is 28.7 Å². The molecule has 5 nitrogen and oxygen atoms in total. The number of carbonyl (C=O) groups excluding carboxylic acids is 1. The van der Waals surface area contributed by atoms with Crippen molar-refractivity contribution >= 4 is 11.7 Å². The van der Waals surface area contributed by atoms with Crippen LogP contribution in [0.2, 0.25) is 0 Å². The third-order valence-corrected chi connectivity index (χ3v) is 2.90. The van der Waals surface area contributed by atoms with E-state index in [4.69, 9.17) is 5.73 Å². The minimum atomic E-state index is -0.482. The second-order valence-electron chi connectivity index (χ2n) is 3.85. The van der Waals surface area contributed by atoms with E-state index in [1.54, 1.807) is 0 Å². The maximum atomic E-state index is 11.5. The molecular weight excluding hydrogens is 206 g/mol. The average molecular weight is 221 g/mol. The molecule has 1 heterocycles. The number of nitrogens with two attached hydrogens (primary N) is 1. The summed E-state index contributed by atoms with van der Waals surface area (Å²) in [5.74, 6) is -0.114. The maximum Gasteiger partial charge on any atom is 0.360 e. The maximum absolute atomic E-state index is 11.5. The van der Waals surface area contributed by atoms with Gasteiger partial charge in [0.2, 0.25) is 0 Å². The second kappa shape index (κ2) is 4.00. The molecule has 0 amide bonds. The molecule has 1 unspecified atom stereocenters. The highest BCUT2D eigenvalue weighted by Crippen LogP contribution is 2.23. The Kier molecular flexibility index (Phi) is 2.68. The van der Waals surface area contributed by atoms with Crippen molar-refractivity contribution in [3.8, 4) is 0 Å². The minimum Gasteiger partial charge on any atom is -0.464 e. The van der Waals surface area contributed by atoms with Gasteiger partial charge in [-0.2, -0.15) is 0 Å². The third-order valence-electron chi connectivity index (χ3n) is 2.90. The number of methoxy groups -OCH3 is 1. The molecular formula is C11H15N3O2. The van der Waals surface area contributed by atoms with E-state index in [-0.39, 0.29) is 11.7 Å². The van der Waals surface area contributed by atoms with Crippen molar-refractivity contribution in [2.24, 2.45) is 10.7 Å². The number of hydrogen-bond acceptors (Lipinski definition) is 5. The summed E-state index contributed by atoms with van der Waals surface area (Å²) in [4.78, 5) is 17.6. The number of allylic oxidation sites excluding steroid dienone is 1. The number of hydrogen-bond donors (Lipinski definition) is 1. The Labute approximate surface area is 94.3 Å². The number of nitrogens with zero attached hydrogens (tertiary/aromatic N) is 2. The largest absolute Gasteiger partial charge is 0.464 e. The van der Waals surface area contributed by atoms with Gasteiger partial charge in [-0.25, -0.2) is 9.79 Å². The first-order valence-corrected chi connectivity index (χ1v) is 5.20. The van der Waals surface area contributed by atoms with Crippen LogP contribution in [0.25, 0.3) is 0 Å². The average Bonchev–Trinajstić information content (AvgIpc) is 2.33. The van der Waals surface area contributed by atoms with E-state index >= 15 is 0 Å². The molecule has 5 heteroatoms. The Morgan fingerprint density at radius 1 is 1.69 bits per heavy atom. The lowest BCUT2D eigenvalue weighted by Crippen LogP contribution is -2.44. The number of esters is 1. The topological polar surface area (TPSA) is 67.9 Å². The molecule has 0 fully saturated rings. The molecule has 0 aromatic carbocycles. The molecule has 0 saturated heterocycles. The summed E-state index contributed by atoms with van der Waals surface area (Å²) in [6.45, 7) is 0. The molecule has 1 aliphatic heterocycles. The fourth-order valence-electron chi connectivity index (χ4n) is 1.95. The summed E-state index contributed by atoms with van der Waals surface area (Å²) in [6, 6.07) is 0.0853. The van der Waals surface area contributed by atoms with Crippen LogP contribution in [-0.2, 0) is 9.53 Å². The first kappa shape index (κ1) is 10.7. The zero-order chi connectivity index (χ0) is 11.7. The van der Waals surface area contributed by atoms with E-state index in [1.165, 1.54) is 7.11 Å². The van der Waals surface area contributed by atoms with Crippen LogP contribution in [0.3, 0.4) is 0 Å². The lowest BCUT2D eigenvalue weighted by Gasteiger charge is -2.34. The Balaban J connectivity index is 2.40. The molecule has 0 saturated carbocycles. The van der Waals surface area contributed by atoms with Gasteiger partial charge in [0.25, 0.3) is 0 Å². The van der Waals surface area contributed by atoms with Gasteiger partial charge >= 0.3 is 5.97 Å². The Hall–Kier alpha value is -1.78. The van der Waals surface area contributed by atoms with Crippen LogP contribution in [0.5, 0.6) is 0 Å². The van der Waals surface area contributed by atoms with Gasteiger partial charge in [-0.3, -0.25) is 0 Å². The molecule has 2 aliphatic rings. The predicted octanol–water partition coefficient (Wildman–Crippen LogP) is 0.392. The zero-order valence-corrected chi connectivity index (χ0v) is 9.43. The summed E-state index contributed by atoms with van der Waals surface area (Å²) >= 11 is 0. The minimum absolute atomic E-state index is 0.0853. The number of fused-ring (bicyclic) bond motifs is 1. The van der Waals surface area contributed by atoms with Crippen LogP contribution in [-0.4, -0.2) is 36.8 Å². The molecule has 0 spiro atoms. The third kappa shape index (κ3) is 1.58. The van der Waals surface area contributed by atoms with Crippen LogP contribution in [0, 0.1) is 0 Å². The van der Waals surface area contributed by atoms with Gasteiger partial charge in [0, 0.05) is 12.8 Å². The summed E-state index contributed by atoms with van der Waals surface area (Å²) < 4.78 is 4.66. The van der Waals surface area contributed by atoms with Gasteiger partial charge < -0.3 is 15.4 Å². The van der Waals surface area contributed by atoms with Crippen molar-refractivity contribution in [3.63, 3.8) is 0 Å². The number of ether oxygens (including phenoxy) is 1. The highest BCUT2D eigenvalue weighted by molar-refractivity contribution is 6.00. The molecule has 0 aromatic rings. The van der Waals surface area contributed by atoms with Crippen LogP contribution in [0.1, 0.15) is 12.8 Å². The first-order chi connectivity index (χ1) is 7.65. The van der Waals surface area contributed by atoms with Crippen LogP contribution in [0.4, 0.5) is 0 Å². The lowest BCUT2D eigenvalue weighted by atomic mass is 9.97. The first-order valence-electron chi connectivity index (χ1n) is 5.20. The number of carbonyl (C=O) groups is 1. The predicted molar refractivity (Wildman–Crippen MR) is 60.6 cm³/mol. The quantitative estimate of drug-likeness (QED) is 0.514. The standard InChI is InChI=1S/C11H15N3O2/c1-14-8-6-4-3-5-7(8)13-9(10(14)12)11(15)16-2/h4,6,8H,3,5,12H2,1-2H3. The highest BCUT2D eigenvalue weighted by atomic mass is 16.5. The Morgan fingerprint density at radius 3 is 3.12 bits per heavy atom. The van der Waals surface area contributed by atoms with Gasteiger partial charge in [0.15, 0.2) is 5.70 Å². The number of likely N-dealkylation sites (N-methyl/N-ethyl adjacent to an activating group) is 1. The summed E-state index contributed by atoms with van der Waals surface area (Å²) in [5, 5.41) is 0.